The van der Waals surface area contributed by atoms with E-state index in [1.165, 1.54) is 5.56 Å². The van der Waals surface area contributed by atoms with Crippen LogP contribution in [0.5, 0.6) is 0 Å². The molecule has 2 nitrogen and oxygen atoms in total. The fourth-order valence-corrected chi connectivity index (χ4v) is 2.47. The fraction of sp³-hybridized carbons (Fsp3) is 0.500. The third kappa shape index (κ3) is 2.89. The van der Waals surface area contributed by atoms with E-state index in [9.17, 15) is 0 Å². The molecule has 0 bridgehead atoms. The van der Waals surface area contributed by atoms with Gasteiger partial charge in [-0.1, -0.05) is 29.8 Å². The minimum Gasteiger partial charge on any atom is -0.326 e. The van der Waals surface area contributed by atoms with E-state index in [4.69, 9.17) is 17.3 Å². The Kier molecular flexibility index (Phi) is 5.06. The second-order valence-corrected chi connectivity index (χ2v) is 4.65. The van der Waals surface area contributed by atoms with Gasteiger partial charge in [-0.25, -0.2) is 0 Å². The zero-order chi connectivity index (χ0) is 10.8. The second kappa shape index (κ2) is 5.87. The number of benzene rings is 1. The van der Waals surface area contributed by atoms with E-state index in [1.54, 1.807) is 0 Å². The van der Waals surface area contributed by atoms with Crippen molar-refractivity contribution < 1.29 is 0 Å². The first kappa shape index (κ1) is 13.8. The van der Waals surface area contributed by atoms with Gasteiger partial charge in [0.05, 0.1) is 0 Å². The molecule has 1 fully saturated rings. The Labute approximate surface area is 108 Å². The molecule has 16 heavy (non-hydrogen) atoms. The molecule has 4 heteroatoms. The lowest BCUT2D eigenvalue weighted by atomic mass is 10.1. The van der Waals surface area contributed by atoms with Gasteiger partial charge in [-0.3, -0.25) is 4.90 Å². The number of hydrogen-bond acceptors (Lipinski definition) is 2. The molecule has 2 atom stereocenters. The van der Waals surface area contributed by atoms with E-state index in [0.29, 0.717) is 12.1 Å². The Balaban J connectivity index is 0.00000128. The Hall–Kier alpha value is -0.280. The molecule has 1 aromatic carbocycles. The summed E-state index contributed by atoms with van der Waals surface area (Å²) in [6, 6.07) is 8.74. The standard InChI is InChI=1S/C12H17ClN2.ClH/c1-9(15-7-6-10(14)8-15)11-4-2-3-5-12(11)13;/h2-5,9-10H,6-8,14H2,1H3;1H. The van der Waals surface area contributed by atoms with Crippen LogP contribution in [0.4, 0.5) is 0 Å². The van der Waals surface area contributed by atoms with E-state index < -0.39 is 0 Å². The van der Waals surface area contributed by atoms with Gasteiger partial charge < -0.3 is 5.73 Å². The van der Waals surface area contributed by atoms with Gasteiger partial charge in [-0.05, 0) is 25.0 Å². The van der Waals surface area contributed by atoms with Gasteiger partial charge in [0.2, 0.25) is 0 Å². The van der Waals surface area contributed by atoms with Gasteiger partial charge in [0.1, 0.15) is 0 Å². The van der Waals surface area contributed by atoms with Gasteiger partial charge in [0, 0.05) is 30.2 Å². The number of likely N-dealkylation sites (tertiary alicyclic amines) is 1. The molecule has 1 saturated heterocycles. The van der Waals surface area contributed by atoms with Crippen LogP contribution in [0.15, 0.2) is 24.3 Å². The van der Waals surface area contributed by atoms with Gasteiger partial charge in [0.25, 0.3) is 0 Å². The van der Waals surface area contributed by atoms with Crippen LogP contribution in [-0.2, 0) is 0 Å². The molecule has 1 aromatic rings. The molecular weight excluding hydrogens is 243 g/mol. The van der Waals surface area contributed by atoms with Crippen LogP contribution in [0, 0.1) is 0 Å². The Morgan fingerprint density at radius 2 is 2.12 bits per heavy atom. The van der Waals surface area contributed by atoms with Crippen LogP contribution in [0.1, 0.15) is 24.9 Å². The van der Waals surface area contributed by atoms with Crippen molar-refractivity contribution in [1.29, 1.82) is 0 Å². The van der Waals surface area contributed by atoms with Gasteiger partial charge in [-0.2, -0.15) is 0 Å². The second-order valence-electron chi connectivity index (χ2n) is 4.24. The summed E-state index contributed by atoms with van der Waals surface area (Å²) in [4.78, 5) is 2.39. The highest BCUT2D eigenvalue weighted by molar-refractivity contribution is 6.31. The number of rotatable bonds is 2. The number of nitrogens with two attached hydrogens (primary N) is 1. The summed E-state index contributed by atoms with van der Waals surface area (Å²) < 4.78 is 0. The van der Waals surface area contributed by atoms with Crippen molar-refractivity contribution in [3.8, 4) is 0 Å². The summed E-state index contributed by atoms with van der Waals surface area (Å²) in [6.45, 7) is 4.25. The minimum absolute atomic E-state index is 0. The lowest BCUT2D eigenvalue weighted by Crippen LogP contribution is -2.28. The van der Waals surface area contributed by atoms with Crippen molar-refractivity contribution >= 4 is 24.0 Å². The highest BCUT2D eigenvalue weighted by atomic mass is 35.5. The average Bonchev–Trinajstić information content (AvgIpc) is 2.65. The first-order valence-electron chi connectivity index (χ1n) is 5.42. The molecule has 1 heterocycles. The van der Waals surface area contributed by atoms with Crippen molar-refractivity contribution in [3.63, 3.8) is 0 Å². The summed E-state index contributed by atoms with van der Waals surface area (Å²) >= 11 is 6.18. The zero-order valence-electron chi connectivity index (χ0n) is 9.40. The Morgan fingerprint density at radius 1 is 1.44 bits per heavy atom. The molecule has 0 spiro atoms. The average molecular weight is 261 g/mol. The quantitative estimate of drug-likeness (QED) is 0.887. The van der Waals surface area contributed by atoms with E-state index >= 15 is 0 Å². The van der Waals surface area contributed by atoms with Gasteiger partial charge >= 0.3 is 0 Å². The molecule has 2 unspecified atom stereocenters. The van der Waals surface area contributed by atoms with Crippen LogP contribution in [0.25, 0.3) is 0 Å². The molecule has 90 valence electrons. The van der Waals surface area contributed by atoms with Crippen LogP contribution in [0.2, 0.25) is 5.02 Å². The highest BCUT2D eigenvalue weighted by Gasteiger charge is 2.25. The van der Waals surface area contributed by atoms with Crippen molar-refractivity contribution in [3.05, 3.63) is 34.9 Å². The number of hydrogen-bond donors (Lipinski definition) is 1. The molecule has 0 radical (unpaired) electrons. The topological polar surface area (TPSA) is 29.3 Å². The molecule has 0 saturated carbocycles. The van der Waals surface area contributed by atoms with Crippen molar-refractivity contribution in [2.75, 3.05) is 13.1 Å². The molecule has 1 aliphatic rings. The van der Waals surface area contributed by atoms with Gasteiger partial charge in [0.15, 0.2) is 0 Å². The molecule has 2 rings (SSSR count). The fourth-order valence-electron chi connectivity index (χ4n) is 2.18. The van der Waals surface area contributed by atoms with Crippen molar-refractivity contribution in [1.82, 2.24) is 4.90 Å². The third-order valence-electron chi connectivity index (χ3n) is 3.16. The summed E-state index contributed by atoms with van der Waals surface area (Å²) in [7, 11) is 0. The van der Waals surface area contributed by atoms with Crippen LogP contribution in [0.3, 0.4) is 0 Å². The highest BCUT2D eigenvalue weighted by Crippen LogP contribution is 2.29. The molecule has 0 aliphatic carbocycles. The van der Waals surface area contributed by atoms with E-state index in [2.05, 4.69) is 17.9 Å². The Bertz CT molecular complexity index is 344. The Morgan fingerprint density at radius 3 is 2.69 bits per heavy atom. The minimum atomic E-state index is 0. The lowest BCUT2D eigenvalue weighted by Gasteiger charge is -2.25. The third-order valence-corrected chi connectivity index (χ3v) is 3.50. The predicted octanol–water partition coefficient (Wildman–Crippen LogP) is 2.86. The molecule has 0 aromatic heterocycles. The first-order valence-corrected chi connectivity index (χ1v) is 5.80. The van der Waals surface area contributed by atoms with E-state index in [1.807, 2.05) is 18.2 Å². The molecular formula is C12H18Cl2N2. The van der Waals surface area contributed by atoms with Crippen molar-refractivity contribution in [2.45, 2.75) is 25.4 Å². The van der Waals surface area contributed by atoms with Crippen LogP contribution < -0.4 is 5.73 Å². The van der Waals surface area contributed by atoms with Gasteiger partial charge in [-0.15, -0.1) is 12.4 Å². The SMILES string of the molecule is CC(c1ccccc1Cl)N1CCC(N)C1.Cl. The molecule has 1 aliphatic heterocycles. The predicted molar refractivity (Wildman–Crippen MR) is 71.3 cm³/mol. The zero-order valence-corrected chi connectivity index (χ0v) is 11.0. The maximum atomic E-state index is 6.18. The summed E-state index contributed by atoms with van der Waals surface area (Å²) in [6.07, 6.45) is 1.09. The van der Waals surface area contributed by atoms with E-state index in [-0.39, 0.29) is 12.4 Å². The largest absolute Gasteiger partial charge is 0.326 e. The smallest absolute Gasteiger partial charge is 0.0453 e. The van der Waals surface area contributed by atoms with Crippen molar-refractivity contribution in [2.24, 2.45) is 5.73 Å². The van der Waals surface area contributed by atoms with Crippen LogP contribution >= 0.6 is 24.0 Å². The molecule has 0 amide bonds. The monoisotopic (exact) mass is 260 g/mol. The summed E-state index contributed by atoms with van der Waals surface area (Å²) in [5, 5.41) is 0.852. The maximum absolute atomic E-state index is 6.18. The molecule has 2 N–H and O–H groups in total. The lowest BCUT2D eigenvalue weighted by molar-refractivity contribution is 0.260. The first-order chi connectivity index (χ1) is 7.18. The number of nitrogens with zero attached hydrogens (tertiary/aromatic N) is 1. The summed E-state index contributed by atoms with van der Waals surface area (Å²) in [5.41, 5.74) is 7.11. The number of halogens is 2. The summed E-state index contributed by atoms with van der Waals surface area (Å²) in [5.74, 6) is 0. The van der Waals surface area contributed by atoms with E-state index in [0.717, 1.165) is 24.5 Å². The normalized spacial score (nSPS) is 22.8. The maximum Gasteiger partial charge on any atom is 0.0453 e. The van der Waals surface area contributed by atoms with Crippen LogP contribution in [-0.4, -0.2) is 24.0 Å².